The van der Waals surface area contributed by atoms with Gasteiger partial charge in [0.25, 0.3) is 0 Å². The van der Waals surface area contributed by atoms with Crippen LogP contribution in [0.5, 0.6) is 0 Å². The lowest BCUT2D eigenvalue weighted by Gasteiger charge is -2.16. The van der Waals surface area contributed by atoms with Crippen LogP contribution >= 0.6 is 0 Å². The molecule has 0 fully saturated rings. The third-order valence-electron chi connectivity index (χ3n) is 1.10. The predicted octanol–water partition coefficient (Wildman–Crippen LogP) is 1.41. The van der Waals surface area contributed by atoms with E-state index < -0.39 is 0 Å². The minimum atomic E-state index is 0.0377. The predicted molar refractivity (Wildman–Crippen MR) is 41.6 cm³/mol. The zero-order chi connectivity index (χ0) is 7.49. The van der Waals surface area contributed by atoms with E-state index in [4.69, 9.17) is 5.73 Å². The minimum Gasteiger partial charge on any atom is -0.387 e. The summed E-state index contributed by atoms with van der Waals surface area (Å²) in [7, 11) is 0. The molecule has 0 spiro atoms. The van der Waals surface area contributed by atoms with Crippen molar-refractivity contribution in [3.05, 3.63) is 0 Å². The van der Waals surface area contributed by atoms with E-state index >= 15 is 0 Å². The standard InChI is InChI=1S/C7H16N2/c1-5-9-6(8)7(2,3)4/h5H2,1-4H3,(H2,8,9). The molecule has 0 amide bonds. The lowest BCUT2D eigenvalue weighted by atomic mass is 9.95. The number of hydrogen-bond acceptors (Lipinski definition) is 1. The van der Waals surface area contributed by atoms with Crippen molar-refractivity contribution in [3.63, 3.8) is 0 Å². The fourth-order valence-corrected chi connectivity index (χ4v) is 0.408. The van der Waals surface area contributed by atoms with E-state index in [9.17, 15) is 0 Å². The van der Waals surface area contributed by atoms with Crippen molar-refractivity contribution >= 4 is 5.84 Å². The summed E-state index contributed by atoms with van der Waals surface area (Å²) in [5.74, 6) is 0.741. The normalized spacial score (nSPS) is 14.0. The number of nitrogens with two attached hydrogens (primary N) is 1. The van der Waals surface area contributed by atoms with Gasteiger partial charge in [0.05, 0.1) is 5.84 Å². The van der Waals surface area contributed by atoms with Gasteiger partial charge in [-0.3, -0.25) is 4.99 Å². The third-order valence-corrected chi connectivity index (χ3v) is 1.10. The highest BCUT2D eigenvalue weighted by atomic mass is 14.9. The molecule has 0 saturated heterocycles. The molecule has 0 aliphatic heterocycles. The number of amidine groups is 1. The maximum atomic E-state index is 5.61. The molecule has 0 unspecified atom stereocenters. The van der Waals surface area contributed by atoms with Gasteiger partial charge in [0.1, 0.15) is 0 Å². The first-order valence-electron chi connectivity index (χ1n) is 3.29. The molecule has 0 radical (unpaired) electrons. The zero-order valence-electron chi connectivity index (χ0n) is 6.73. The molecule has 2 nitrogen and oxygen atoms in total. The lowest BCUT2D eigenvalue weighted by Crippen LogP contribution is -2.28. The number of hydrogen-bond donors (Lipinski definition) is 1. The second-order valence-electron chi connectivity index (χ2n) is 3.11. The first-order chi connectivity index (χ1) is 3.98. The Labute approximate surface area is 57.2 Å². The zero-order valence-corrected chi connectivity index (χ0v) is 6.73. The molecule has 0 aliphatic carbocycles. The minimum absolute atomic E-state index is 0.0377. The van der Waals surface area contributed by atoms with E-state index in [-0.39, 0.29) is 5.41 Å². The van der Waals surface area contributed by atoms with Crippen LogP contribution in [0.3, 0.4) is 0 Å². The highest BCUT2D eigenvalue weighted by molar-refractivity contribution is 5.85. The molecular weight excluding hydrogens is 112 g/mol. The van der Waals surface area contributed by atoms with Crippen molar-refractivity contribution in [2.24, 2.45) is 16.1 Å². The average molecular weight is 128 g/mol. The molecule has 0 aromatic rings. The fourth-order valence-electron chi connectivity index (χ4n) is 0.408. The van der Waals surface area contributed by atoms with Gasteiger partial charge in [-0.15, -0.1) is 0 Å². The van der Waals surface area contributed by atoms with Crippen LogP contribution in [0.15, 0.2) is 4.99 Å². The first-order valence-corrected chi connectivity index (χ1v) is 3.29. The largest absolute Gasteiger partial charge is 0.387 e. The topological polar surface area (TPSA) is 38.4 Å². The van der Waals surface area contributed by atoms with Crippen molar-refractivity contribution in [2.75, 3.05) is 6.54 Å². The molecule has 0 aromatic carbocycles. The third kappa shape index (κ3) is 3.12. The summed E-state index contributed by atoms with van der Waals surface area (Å²) >= 11 is 0. The van der Waals surface area contributed by atoms with E-state index in [1.807, 2.05) is 6.92 Å². The highest BCUT2D eigenvalue weighted by Crippen LogP contribution is 2.11. The van der Waals surface area contributed by atoms with Crippen molar-refractivity contribution < 1.29 is 0 Å². The summed E-state index contributed by atoms with van der Waals surface area (Å²) in [6, 6.07) is 0. The summed E-state index contributed by atoms with van der Waals surface area (Å²) in [5, 5.41) is 0. The Balaban J connectivity index is 4.03. The summed E-state index contributed by atoms with van der Waals surface area (Å²) < 4.78 is 0. The van der Waals surface area contributed by atoms with Gasteiger partial charge < -0.3 is 5.73 Å². The maximum absolute atomic E-state index is 5.61. The van der Waals surface area contributed by atoms with Crippen LogP contribution in [0.4, 0.5) is 0 Å². The SMILES string of the molecule is CCN=C(N)C(C)(C)C. The summed E-state index contributed by atoms with van der Waals surface area (Å²) in [6.07, 6.45) is 0. The molecule has 0 aliphatic rings. The summed E-state index contributed by atoms with van der Waals surface area (Å²) in [6.45, 7) is 8.94. The van der Waals surface area contributed by atoms with Gasteiger partial charge in [-0.25, -0.2) is 0 Å². The van der Waals surface area contributed by atoms with Crippen LogP contribution in [0.25, 0.3) is 0 Å². The van der Waals surface area contributed by atoms with Crippen molar-refractivity contribution in [2.45, 2.75) is 27.7 Å². The van der Waals surface area contributed by atoms with Gasteiger partial charge >= 0.3 is 0 Å². The van der Waals surface area contributed by atoms with Crippen LogP contribution in [-0.4, -0.2) is 12.4 Å². The quantitative estimate of drug-likeness (QED) is 0.421. The van der Waals surface area contributed by atoms with Gasteiger partial charge in [-0.1, -0.05) is 20.8 Å². The molecule has 0 saturated carbocycles. The van der Waals surface area contributed by atoms with E-state index in [0.717, 1.165) is 12.4 Å². The fraction of sp³-hybridized carbons (Fsp3) is 0.857. The monoisotopic (exact) mass is 128 g/mol. The second kappa shape index (κ2) is 2.85. The Hall–Kier alpha value is -0.530. The van der Waals surface area contributed by atoms with E-state index in [1.54, 1.807) is 0 Å². The Bertz CT molecular complexity index is 109. The number of aliphatic imine (C=N–C) groups is 1. The van der Waals surface area contributed by atoms with Gasteiger partial charge in [-0.2, -0.15) is 0 Å². The Kier molecular flexibility index (Phi) is 2.68. The molecule has 0 heterocycles. The van der Waals surface area contributed by atoms with Gasteiger partial charge in [0, 0.05) is 12.0 Å². The summed E-state index contributed by atoms with van der Waals surface area (Å²) in [5.41, 5.74) is 5.65. The Morgan fingerprint density at radius 2 is 1.89 bits per heavy atom. The van der Waals surface area contributed by atoms with E-state index in [2.05, 4.69) is 25.8 Å². The first kappa shape index (κ1) is 8.47. The molecule has 0 aromatic heterocycles. The van der Waals surface area contributed by atoms with Crippen LogP contribution in [0.2, 0.25) is 0 Å². The van der Waals surface area contributed by atoms with Gasteiger partial charge in [0.15, 0.2) is 0 Å². The molecule has 2 heteroatoms. The van der Waals surface area contributed by atoms with E-state index in [0.29, 0.717) is 0 Å². The van der Waals surface area contributed by atoms with Gasteiger partial charge in [0.2, 0.25) is 0 Å². The molecule has 54 valence electrons. The molecule has 0 atom stereocenters. The highest BCUT2D eigenvalue weighted by Gasteiger charge is 2.13. The average Bonchev–Trinajstić information content (AvgIpc) is 1.64. The molecular formula is C7H16N2. The maximum Gasteiger partial charge on any atom is 0.0991 e. The summed E-state index contributed by atoms with van der Waals surface area (Å²) in [4.78, 5) is 4.09. The molecule has 9 heavy (non-hydrogen) atoms. The number of rotatable bonds is 1. The smallest absolute Gasteiger partial charge is 0.0991 e. The Morgan fingerprint density at radius 1 is 1.44 bits per heavy atom. The van der Waals surface area contributed by atoms with Crippen molar-refractivity contribution in [1.29, 1.82) is 0 Å². The number of nitrogens with zero attached hydrogens (tertiary/aromatic N) is 1. The molecule has 2 N–H and O–H groups in total. The van der Waals surface area contributed by atoms with Crippen LogP contribution in [0.1, 0.15) is 27.7 Å². The van der Waals surface area contributed by atoms with Crippen molar-refractivity contribution in [1.82, 2.24) is 0 Å². The molecule has 0 rings (SSSR count). The molecule has 0 bridgehead atoms. The second-order valence-corrected chi connectivity index (χ2v) is 3.11. The van der Waals surface area contributed by atoms with Crippen molar-refractivity contribution in [3.8, 4) is 0 Å². The van der Waals surface area contributed by atoms with Crippen LogP contribution in [0, 0.1) is 5.41 Å². The van der Waals surface area contributed by atoms with Crippen LogP contribution in [-0.2, 0) is 0 Å². The lowest BCUT2D eigenvalue weighted by molar-refractivity contribution is 0.582. The van der Waals surface area contributed by atoms with Gasteiger partial charge in [-0.05, 0) is 6.92 Å². The Morgan fingerprint density at radius 3 is 2.00 bits per heavy atom. The van der Waals surface area contributed by atoms with E-state index in [1.165, 1.54) is 0 Å². The van der Waals surface area contributed by atoms with Crippen LogP contribution < -0.4 is 5.73 Å².